The summed E-state index contributed by atoms with van der Waals surface area (Å²) in [4.78, 5) is 5.06. The summed E-state index contributed by atoms with van der Waals surface area (Å²) in [5, 5.41) is 6.07. The summed E-state index contributed by atoms with van der Waals surface area (Å²) in [5.41, 5.74) is 6.24. The van der Waals surface area contributed by atoms with E-state index in [1.54, 1.807) is 0 Å². The predicted octanol–water partition coefficient (Wildman–Crippen LogP) is 4.60. The number of hydrogen-bond acceptors (Lipinski definition) is 2. The molecule has 4 aromatic carbocycles. The second-order valence-corrected chi connectivity index (χ2v) is 6.77. The van der Waals surface area contributed by atoms with Crippen LogP contribution in [0.5, 0.6) is 0 Å². The first-order chi connectivity index (χ1) is 13.3. The van der Waals surface area contributed by atoms with E-state index in [4.69, 9.17) is 12.8 Å². The van der Waals surface area contributed by atoms with Crippen molar-refractivity contribution in [2.45, 2.75) is 6.17 Å². The molecule has 4 aromatic rings. The average Bonchev–Trinajstić information content (AvgIpc) is 2.74. The van der Waals surface area contributed by atoms with Crippen molar-refractivity contribution in [3.63, 3.8) is 0 Å². The fraction of sp³-hybridized carbons (Fsp3) is 0.0417. The normalized spacial score (nSPS) is 15.7. The van der Waals surface area contributed by atoms with Crippen molar-refractivity contribution >= 4 is 35.5 Å². The van der Waals surface area contributed by atoms with Crippen molar-refractivity contribution in [1.82, 2.24) is 0 Å². The highest BCUT2D eigenvalue weighted by molar-refractivity contribution is 6.32. The van der Waals surface area contributed by atoms with Gasteiger partial charge in [-0.05, 0) is 10.9 Å². The smallest absolute Gasteiger partial charge is 0.145 e. The summed E-state index contributed by atoms with van der Waals surface area (Å²) in [5.74, 6) is 0. The number of nitrogens with one attached hydrogen (secondary N) is 1. The molecule has 2 radical (unpaired) electrons. The van der Waals surface area contributed by atoms with Gasteiger partial charge in [0, 0.05) is 16.5 Å². The number of anilines is 1. The Labute approximate surface area is 160 Å². The molecule has 0 aliphatic carbocycles. The Bertz CT molecular complexity index is 1150. The molecule has 126 valence electrons. The monoisotopic (exact) mass is 344 g/mol. The molecule has 0 amide bonds. The van der Waals surface area contributed by atoms with Gasteiger partial charge in [0.2, 0.25) is 0 Å². The average molecular weight is 344 g/mol. The summed E-state index contributed by atoms with van der Waals surface area (Å²) in [6.45, 7) is 0. The van der Waals surface area contributed by atoms with E-state index < -0.39 is 0 Å². The lowest BCUT2D eigenvalue weighted by Gasteiger charge is -2.27. The van der Waals surface area contributed by atoms with E-state index in [1.165, 1.54) is 10.8 Å². The van der Waals surface area contributed by atoms with Crippen LogP contribution in [0.15, 0.2) is 96.0 Å². The van der Waals surface area contributed by atoms with Gasteiger partial charge in [-0.1, -0.05) is 96.5 Å². The molecule has 1 aliphatic heterocycles. The van der Waals surface area contributed by atoms with Gasteiger partial charge in [-0.15, -0.1) is 0 Å². The Kier molecular flexibility index (Phi) is 3.79. The minimum atomic E-state index is -0.154. The Morgan fingerprint density at radius 1 is 0.741 bits per heavy atom. The van der Waals surface area contributed by atoms with Crippen LogP contribution in [0.4, 0.5) is 5.69 Å². The summed E-state index contributed by atoms with van der Waals surface area (Å²) in [6.07, 6.45) is -0.154. The van der Waals surface area contributed by atoms with E-state index in [0.717, 1.165) is 33.6 Å². The third kappa shape index (κ3) is 2.82. The molecule has 1 N–H and O–H groups in total. The Morgan fingerprint density at radius 3 is 2.30 bits per heavy atom. The van der Waals surface area contributed by atoms with Gasteiger partial charge in [-0.2, -0.15) is 0 Å². The predicted molar refractivity (Wildman–Crippen MR) is 114 cm³/mol. The highest BCUT2D eigenvalue weighted by Gasteiger charge is 2.24. The second kappa shape index (κ2) is 6.44. The zero-order chi connectivity index (χ0) is 18.2. The van der Waals surface area contributed by atoms with Crippen molar-refractivity contribution in [3.8, 4) is 0 Å². The number of fused-ring (bicyclic) bond motifs is 3. The number of nitrogens with zero attached hydrogens (tertiary/aromatic N) is 1. The minimum Gasteiger partial charge on any atom is -0.359 e. The quantitative estimate of drug-likeness (QED) is 0.528. The number of rotatable bonds is 2. The topological polar surface area (TPSA) is 24.4 Å². The van der Waals surface area contributed by atoms with Crippen LogP contribution in [0, 0.1) is 0 Å². The maximum absolute atomic E-state index is 5.87. The Morgan fingerprint density at radius 2 is 1.48 bits per heavy atom. The highest BCUT2D eigenvalue weighted by atomic mass is 15.1. The van der Waals surface area contributed by atoms with Crippen LogP contribution in [0.1, 0.15) is 22.9 Å². The summed E-state index contributed by atoms with van der Waals surface area (Å²) < 4.78 is 0. The molecule has 2 nitrogen and oxygen atoms in total. The van der Waals surface area contributed by atoms with Crippen molar-refractivity contribution in [3.05, 3.63) is 108 Å². The molecule has 1 atom stereocenters. The molecule has 0 aromatic heterocycles. The fourth-order valence-electron chi connectivity index (χ4n) is 3.65. The van der Waals surface area contributed by atoms with E-state index in [1.807, 2.05) is 30.3 Å². The van der Waals surface area contributed by atoms with E-state index in [0.29, 0.717) is 0 Å². The standard InChI is InChI=1S/C24H17BN2/c25-19-13-10-18(11-14-19)24-26-22(17-7-2-1-3-8-17)21-15-12-16-6-4-5-9-20(16)23(21)27-24/h1-15,24,27H. The Balaban J connectivity index is 1.74. The molecule has 1 unspecified atom stereocenters. The number of benzene rings is 4. The second-order valence-electron chi connectivity index (χ2n) is 6.77. The van der Waals surface area contributed by atoms with Crippen LogP contribution < -0.4 is 10.8 Å². The lowest BCUT2D eigenvalue weighted by atomic mass is 9.92. The number of hydrogen-bond donors (Lipinski definition) is 1. The zero-order valence-electron chi connectivity index (χ0n) is 14.8. The Hall–Kier alpha value is -3.33. The van der Waals surface area contributed by atoms with Crippen molar-refractivity contribution in [2.24, 2.45) is 4.99 Å². The molecule has 0 saturated carbocycles. The first kappa shape index (κ1) is 15.9. The summed E-state index contributed by atoms with van der Waals surface area (Å²) in [7, 11) is 5.87. The maximum atomic E-state index is 5.87. The van der Waals surface area contributed by atoms with Crippen LogP contribution in [-0.4, -0.2) is 13.6 Å². The van der Waals surface area contributed by atoms with Crippen molar-refractivity contribution < 1.29 is 0 Å². The van der Waals surface area contributed by atoms with Gasteiger partial charge >= 0.3 is 0 Å². The van der Waals surface area contributed by atoms with Crippen LogP contribution in [-0.2, 0) is 0 Å². The van der Waals surface area contributed by atoms with Gasteiger partial charge in [-0.3, -0.25) is 4.99 Å². The molecule has 5 rings (SSSR count). The molecule has 0 saturated heterocycles. The van der Waals surface area contributed by atoms with Gasteiger partial charge < -0.3 is 5.32 Å². The fourth-order valence-corrected chi connectivity index (χ4v) is 3.65. The van der Waals surface area contributed by atoms with Crippen molar-refractivity contribution in [2.75, 3.05) is 5.32 Å². The van der Waals surface area contributed by atoms with Crippen LogP contribution >= 0.6 is 0 Å². The first-order valence-corrected chi connectivity index (χ1v) is 9.07. The molecule has 0 spiro atoms. The van der Waals surface area contributed by atoms with Gasteiger partial charge in [0.1, 0.15) is 14.0 Å². The minimum absolute atomic E-state index is 0.154. The SMILES string of the molecule is [B]c1ccc(C2N=C(c3ccccc3)c3ccc4ccccc4c3N2)cc1. The maximum Gasteiger partial charge on any atom is 0.145 e. The molecule has 27 heavy (non-hydrogen) atoms. The van der Waals surface area contributed by atoms with E-state index >= 15 is 0 Å². The van der Waals surface area contributed by atoms with E-state index in [2.05, 4.69) is 66.0 Å². The molecule has 0 bridgehead atoms. The first-order valence-electron chi connectivity index (χ1n) is 9.07. The lowest BCUT2D eigenvalue weighted by Crippen LogP contribution is -2.21. The van der Waals surface area contributed by atoms with Gasteiger partial charge in [0.25, 0.3) is 0 Å². The lowest BCUT2D eigenvalue weighted by molar-refractivity contribution is 0.831. The van der Waals surface area contributed by atoms with Crippen LogP contribution in [0.25, 0.3) is 10.8 Å². The summed E-state index contributed by atoms with van der Waals surface area (Å²) >= 11 is 0. The molecular weight excluding hydrogens is 327 g/mol. The van der Waals surface area contributed by atoms with E-state index in [9.17, 15) is 0 Å². The molecule has 1 heterocycles. The van der Waals surface area contributed by atoms with Gasteiger partial charge in [0.05, 0.1) is 11.4 Å². The molecule has 3 heteroatoms. The third-order valence-corrected chi connectivity index (χ3v) is 5.02. The molecule has 0 fully saturated rings. The molecular formula is C24H17BN2. The molecule has 1 aliphatic rings. The van der Waals surface area contributed by atoms with E-state index in [-0.39, 0.29) is 6.17 Å². The van der Waals surface area contributed by atoms with Crippen LogP contribution in [0.3, 0.4) is 0 Å². The highest BCUT2D eigenvalue weighted by Crippen LogP contribution is 2.36. The van der Waals surface area contributed by atoms with Crippen LogP contribution in [0.2, 0.25) is 0 Å². The zero-order valence-corrected chi connectivity index (χ0v) is 14.8. The number of aliphatic imine (C=N–C) groups is 1. The largest absolute Gasteiger partial charge is 0.359 e. The van der Waals surface area contributed by atoms with Gasteiger partial charge in [-0.25, -0.2) is 0 Å². The summed E-state index contributed by atoms with van der Waals surface area (Å²) in [6, 6.07) is 31.1. The van der Waals surface area contributed by atoms with Crippen molar-refractivity contribution in [1.29, 1.82) is 0 Å². The van der Waals surface area contributed by atoms with Gasteiger partial charge in [0.15, 0.2) is 0 Å². The third-order valence-electron chi connectivity index (χ3n) is 5.02.